The number of aryl methyl sites for hydroxylation is 2. The second-order valence-corrected chi connectivity index (χ2v) is 6.72. The Morgan fingerprint density at radius 2 is 1.93 bits per heavy atom. The fourth-order valence-electron chi connectivity index (χ4n) is 2.95. The maximum atomic E-state index is 12.5. The first-order valence-electron chi connectivity index (χ1n) is 9.06. The van der Waals surface area contributed by atoms with Crippen molar-refractivity contribution < 1.29 is 14.5 Å². The van der Waals surface area contributed by atoms with Gasteiger partial charge in [-0.05, 0) is 37.6 Å². The van der Waals surface area contributed by atoms with Crippen molar-refractivity contribution in [2.45, 2.75) is 20.4 Å². The van der Waals surface area contributed by atoms with Crippen LogP contribution >= 0.6 is 0 Å². The molecule has 0 saturated carbocycles. The Balaban J connectivity index is 1.87. The van der Waals surface area contributed by atoms with Crippen LogP contribution in [0.15, 0.2) is 53.3 Å². The molecule has 0 unspecified atom stereocenters. The average Bonchev–Trinajstić information content (AvgIpc) is 2.71. The van der Waals surface area contributed by atoms with Gasteiger partial charge in [0.25, 0.3) is 11.2 Å². The van der Waals surface area contributed by atoms with E-state index in [9.17, 15) is 19.7 Å². The van der Waals surface area contributed by atoms with Crippen molar-refractivity contribution >= 4 is 17.3 Å². The van der Waals surface area contributed by atoms with Crippen molar-refractivity contribution in [2.24, 2.45) is 0 Å². The molecule has 0 aliphatic carbocycles. The predicted molar refractivity (Wildman–Crippen MR) is 112 cm³/mol. The van der Waals surface area contributed by atoms with Crippen LogP contribution in [0.5, 0.6) is 5.75 Å². The fourth-order valence-corrected chi connectivity index (χ4v) is 2.95. The molecule has 1 amide bonds. The van der Waals surface area contributed by atoms with Gasteiger partial charge in [0.2, 0.25) is 5.91 Å². The van der Waals surface area contributed by atoms with Gasteiger partial charge >= 0.3 is 0 Å². The molecule has 0 radical (unpaired) electrons. The van der Waals surface area contributed by atoms with E-state index in [-0.39, 0.29) is 23.7 Å². The van der Waals surface area contributed by atoms with Crippen LogP contribution < -0.4 is 15.6 Å². The van der Waals surface area contributed by atoms with Gasteiger partial charge in [-0.25, -0.2) is 4.68 Å². The highest BCUT2D eigenvalue weighted by Crippen LogP contribution is 2.29. The van der Waals surface area contributed by atoms with E-state index in [2.05, 4.69) is 10.4 Å². The lowest BCUT2D eigenvalue weighted by Gasteiger charge is -2.12. The summed E-state index contributed by atoms with van der Waals surface area (Å²) >= 11 is 0. The van der Waals surface area contributed by atoms with E-state index in [1.165, 1.54) is 31.4 Å². The molecule has 1 aromatic heterocycles. The van der Waals surface area contributed by atoms with E-state index in [0.29, 0.717) is 5.69 Å². The Hall–Kier alpha value is -4.01. The summed E-state index contributed by atoms with van der Waals surface area (Å²) in [4.78, 5) is 35.2. The van der Waals surface area contributed by atoms with Crippen LogP contribution in [-0.4, -0.2) is 27.7 Å². The highest BCUT2D eigenvalue weighted by Gasteiger charge is 2.15. The molecule has 1 N–H and O–H groups in total. The molecule has 30 heavy (non-hydrogen) atoms. The lowest BCUT2D eigenvalue weighted by atomic mass is 10.0. The molecule has 0 saturated heterocycles. The zero-order valence-electron chi connectivity index (χ0n) is 16.7. The maximum Gasteiger partial charge on any atom is 0.271 e. The Bertz CT molecular complexity index is 1190. The van der Waals surface area contributed by atoms with Crippen LogP contribution in [0, 0.1) is 24.0 Å². The topological polar surface area (TPSA) is 116 Å². The first-order valence-corrected chi connectivity index (χ1v) is 9.06. The van der Waals surface area contributed by atoms with Crippen LogP contribution in [0.3, 0.4) is 0 Å². The van der Waals surface area contributed by atoms with Gasteiger partial charge in [-0.3, -0.25) is 19.7 Å². The quantitative estimate of drug-likeness (QED) is 0.495. The van der Waals surface area contributed by atoms with Crippen LogP contribution in [0.4, 0.5) is 11.4 Å². The van der Waals surface area contributed by atoms with Crippen LogP contribution in [0.1, 0.15) is 11.1 Å². The first-order chi connectivity index (χ1) is 14.3. The third kappa shape index (κ3) is 4.52. The van der Waals surface area contributed by atoms with Crippen LogP contribution in [0.25, 0.3) is 11.3 Å². The molecule has 0 aliphatic rings. The van der Waals surface area contributed by atoms with Crippen molar-refractivity contribution in [1.29, 1.82) is 0 Å². The van der Waals surface area contributed by atoms with Gasteiger partial charge in [0.05, 0.1) is 23.4 Å². The van der Waals surface area contributed by atoms with E-state index in [1.54, 1.807) is 6.07 Å². The van der Waals surface area contributed by atoms with Crippen molar-refractivity contribution in [3.8, 4) is 17.0 Å². The fraction of sp³-hybridized carbons (Fsp3) is 0.190. The highest BCUT2D eigenvalue weighted by atomic mass is 16.6. The third-order valence-corrected chi connectivity index (χ3v) is 4.50. The Kier molecular flexibility index (Phi) is 5.91. The number of methoxy groups -OCH3 is 1. The second-order valence-electron chi connectivity index (χ2n) is 6.72. The van der Waals surface area contributed by atoms with Crippen molar-refractivity contribution in [3.05, 3.63) is 80.1 Å². The molecule has 154 valence electrons. The number of ether oxygens (including phenoxy) is 1. The van der Waals surface area contributed by atoms with Gasteiger partial charge in [0, 0.05) is 23.8 Å². The number of rotatable bonds is 6. The van der Waals surface area contributed by atoms with Gasteiger partial charge < -0.3 is 10.1 Å². The van der Waals surface area contributed by atoms with E-state index in [4.69, 9.17) is 4.74 Å². The number of non-ortho nitro benzene ring substituents is 1. The number of nitro benzene ring substituents is 1. The highest BCUT2D eigenvalue weighted by molar-refractivity contribution is 5.92. The molecule has 0 atom stereocenters. The number of hydrogen-bond donors (Lipinski definition) is 1. The van der Waals surface area contributed by atoms with Crippen molar-refractivity contribution in [1.82, 2.24) is 9.78 Å². The zero-order chi connectivity index (χ0) is 21.8. The number of amides is 1. The molecule has 3 aromatic rings. The van der Waals surface area contributed by atoms with Gasteiger partial charge in [-0.15, -0.1) is 0 Å². The largest absolute Gasteiger partial charge is 0.495 e. The molecular weight excluding hydrogens is 388 g/mol. The van der Waals surface area contributed by atoms with Gasteiger partial charge in [-0.1, -0.05) is 17.7 Å². The summed E-state index contributed by atoms with van der Waals surface area (Å²) in [7, 11) is 1.39. The second kappa shape index (κ2) is 8.56. The average molecular weight is 408 g/mol. The smallest absolute Gasteiger partial charge is 0.271 e. The predicted octanol–water partition coefficient (Wildman–Crippen LogP) is 3.08. The SMILES string of the molecule is COc1ccc([N+](=O)[O-])cc1NC(=O)Cn1nc(-c2cc(C)ccc2C)ccc1=O. The maximum absolute atomic E-state index is 12.5. The molecule has 0 bridgehead atoms. The van der Waals surface area contributed by atoms with Gasteiger partial charge in [0.15, 0.2) is 0 Å². The molecule has 9 nitrogen and oxygen atoms in total. The van der Waals surface area contributed by atoms with Gasteiger partial charge in [0.1, 0.15) is 12.3 Å². The monoisotopic (exact) mass is 408 g/mol. The summed E-state index contributed by atoms with van der Waals surface area (Å²) in [5.41, 5.74) is 2.97. The minimum Gasteiger partial charge on any atom is -0.495 e. The molecular formula is C21H20N4O5. The number of benzene rings is 2. The molecule has 2 aromatic carbocycles. The zero-order valence-corrected chi connectivity index (χ0v) is 16.7. The summed E-state index contributed by atoms with van der Waals surface area (Å²) in [6.45, 7) is 3.54. The summed E-state index contributed by atoms with van der Waals surface area (Å²) in [5, 5.41) is 17.9. The third-order valence-electron chi connectivity index (χ3n) is 4.50. The first kappa shape index (κ1) is 20.7. The molecule has 0 spiro atoms. The minimum absolute atomic E-state index is 0.135. The Morgan fingerprint density at radius 3 is 2.63 bits per heavy atom. The number of nitrogens with zero attached hydrogens (tertiary/aromatic N) is 3. The van der Waals surface area contributed by atoms with E-state index in [1.807, 2.05) is 32.0 Å². The molecule has 1 heterocycles. The minimum atomic E-state index is -0.575. The van der Waals surface area contributed by atoms with Crippen molar-refractivity contribution in [3.63, 3.8) is 0 Å². The van der Waals surface area contributed by atoms with E-state index < -0.39 is 16.4 Å². The normalized spacial score (nSPS) is 10.5. The number of hydrogen-bond acceptors (Lipinski definition) is 6. The molecule has 9 heteroatoms. The van der Waals surface area contributed by atoms with Crippen LogP contribution in [-0.2, 0) is 11.3 Å². The number of nitro groups is 1. The summed E-state index contributed by atoms with van der Waals surface area (Å²) in [6.07, 6.45) is 0. The number of aromatic nitrogens is 2. The number of nitrogens with one attached hydrogen (secondary N) is 1. The Labute approximate surface area is 172 Å². The van der Waals surface area contributed by atoms with E-state index >= 15 is 0 Å². The molecule has 3 rings (SSSR count). The van der Waals surface area contributed by atoms with Crippen molar-refractivity contribution in [2.75, 3.05) is 12.4 Å². The number of anilines is 1. The lowest BCUT2D eigenvalue weighted by Crippen LogP contribution is -2.29. The van der Waals surface area contributed by atoms with Gasteiger partial charge in [-0.2, -0.15) is 5.10 Å². The Morgan fingerprint density at radius 1 is 1.17 bits per heavy atom. The lowest BCUT2D eigenvalue weighted by molar-refractivity contribution is -0.384. The summed E-state index contributed by atoms with van der Waals surface area (Å²) in [5.74, 6) is -0.306. The van der Waals surface area contributed by atoms with E-state index in [0.717, 1.165) is 21.4 Å². The van der Waals surface area contributed by atoms with Crippen LogP contribution in [0.2, 0.25) is 0 Å². The number of carbonyl (C=O) groups is 1. The molecule has 0 aliphatic heterocycles. The standard InChI is InChI=1S/C21H20N4O5/c1-13-4-5-14(2)16(10-13)17-7-9-21(27)24(23-17)12-20(26)22-18-11-15(25(28)29)6-8-19(18)30-3/h4-11H,12H2,1-3H3,(H,22,26). The summed E-state index contributed by atoms with van der Waals surface area (Å²) in [6, 6.07) is 12.7. The number of carbonyl (C=O) groups excluding carboxylic acids is 1. The summed E-state index contributed by atoms with van der Waals surface area (Å²) < 4.78 is 6.19. The molecule has 0 fully saturated rings.